The van der Waals surface area contributed by atoms with Crippen LogP contribution in [-0.4, -0.2) is 42.5 Å². The van der Waals surface area contributed by atoms with E-state index in [1.54, 1.807) is 31.0 Å². The Hall–Kier alpha value is -1.50. The van der Waals surface area contributed by atoms with Crippen LogP contribution in [0.15, 0.2) is 35.6 Å². The third-order valence-corrected chi connectivity index (χ3v) is 5.00. The Morgan fingerprint density at radius 1 is 1.33 bits per heavy atom. The van der Waals surface area contributed by atoms with Gasteiger partial charge in [-0.15, -0.1) is 0 Å². The molecule has 0 saturated carbocycles. The van der Waals surface area contributed by atoms with Gasteiger partial charge in [0.2, 0.25) is 0 Å². The molecule has 2 heterocycles. The molecule has 0 spiro atoms. The highest BCUT2D eigenvalue weighted by atomic mass is 32.2. The van der Waals surface area contributed by atoms with Crippen LogP contribution in [0.2, 0.25) is 0 Å². The Bertz CT molecular complexity index is 677. The molecule has 24 heavy (non-hydrogen) atoms. The van der Waals surface area contributed by atoms with E-state index in [4.69, 9.17) is 9.72 Å². The summed E-state index contributed by atoms with van der Waals surface area (Å²) < 4.78 is 18.7. The first-order chi connectivity index (χ1) is 11.8. The van der Waals surface area contributed by atoms with Gasteiger partial charge in [-0.1, -0.05) is 23.9 Å². The first-order valence-electron chi connectivity index (χ1n) is 8.23. The van der Waals surface area contributed by atoms with Gasteiger partial charge in [-0.25, -0.2) is 14.4 Å². The topological polar surface area (TPSA) is 47.0 Å². The highest BCUT2D eigenvalue weighted by Gasteiger charge is 2.22. The third-order valence-electron chi connectivity index (χ3n) is 4.18. The third kappa shape index (κ3) is 4.32. The Morgan fingerprint density at radius 2 is 2.17 bits per heavy atom. The van der Waals surface area contributed by atoms with Crippen molar-refractivity contribution in [1.29, 1.82) is 0 Å². The SMILES string of the molecule is COCCSc1ncc(-c2cccc(F)c2)c(C2CCNCC2)n1. The average molecular weight is 347 g/mol. The first-order valence-corrected chi connectivity index (χ1v) is 9.22. The van der Waals surface area contributed by atoms with Crippen LogP contribution in [0.25, 0.3) is 11.1 Å². The van der Waals surface area contributed by atoms with Crippen molar-refractivity contribution in [3.05, 3.63) is 42.0 Å². The van der Waals surface area contributed by atoms with E-state index in [0.717, 1.165) is 53.7 Å². The Morgan fingerprint density at radius 3 is 2.92 bits per heavy atom. The number of methoxy groups -OCH3 is 1. The molecule has 0 unspecified atom stereocenters. The average Bonchev–Trinajstić information content (AvgIpc) is 2.63. The summed E-state index contributed by atoms with van der Waals surface area (Å²) in [6.45, 7) is 2.65. The van der Waals surface area contributed by atoms with Crippen LogP contribution in [0, 0.1) is 5.82 Å². The summed E-state index contributed by atoms with van der Waals surface area (Å²) in [5, 5.41) is 4.15. The van der Waals surface area contributed by atoms with Crippen molar-refractivity contribution in [1.82, 2.24) is 15.3 Å². The van der Waals surface area contributed by atoms with Gasteiger partial charge in [0.15, 0.2) is 5.16 Å². The quantitative estimate of drug-likeness (QED) is 0.492. The standard InChI is InChI=1S/C18H22FN3OS/c1-23-9-10-24-18-21-12-16(14-3-2-4-15(19)11-14)17(22-18)13-5-7-20-8-6-13/h2-4,11-13,20H,5-10H2,1H3. The number of piperidine rings is 1. The van der Waals surface area contributed by atoms with Gasteiger partial charge in [0, 0.05) is 30.5 Å². The summed E-state index contributed by atoms with van der Waals surface area (Å²) in [4.78, 5) is 9.29. The lowest BCUT2D eigenvalue weighted by molar-refractivity contribution is 0.218. The zero-order chi connectivity index (χ0) is 16.8. The molecule has 4 nitrogen and oxygen atoms in total. The lowest BCUT2D eigenvalue weighted by Gasteiger charge is -2.24. The Balaban J connectivity index is 1.94. The number of rotatable bonds is 6. The molecule has 1 saturated heterocycles. The molecule has 128 valence electrons. The maximum absolute atomic E-state index is 13.6. The van der Waals surface area contributed by atoms with Gasteiger partial charge >= 0.3 is 0 Å². The number of hydrogen-bond acceptors (Lipinski definition) is 5. The fourth-order valence-corrected chi connectivity index (χ4v) is 3.67. The normalized spacial score (nSPS) is 15.6. The molecule has 1 fully saturated rings. The van der Waals surface area contributed by atoms with E-state index in [9.17, 15) is 4.39 Å². The predicted molar refractivity (Wildman–Crippen MR) is 94.9 cm³/mol. The molecule has 0 radical (unpaired) electrons. The number of nitrogens with one attached hydrogen (secondary N) is 1. The van der Waals surface area contributed by atoms with Crippen molar-refractivity contribution in [3.8, 4) is 11.1 Å². The van der Waals surface area contributed by atoms with E-state index >= 15 is 0 Å². The largest absolute Gasteiger partial charge is 0.384 e. The molecule has 0 aliphatic carbocycles. The molecule has 1 aromatic carbocycles. The smallest absolute Gasteiger partial charge is 0.187 e. The second-order valence-corrected chi connectivity index (χ2v) is 6.89. The van der Waals surface area contributed by atoms with Crippen LogP contribution in [-0.2, 0) is 4.74 Å². The minimum absolute atomic E-state index is 0.234. The lowest BCUT2D eigenvalue weighted by atomic mass is 9.90. The van der Waals surface area contributed by atoms with Crippen LogP contribution in [0.1, 0.15) is 24.5 Å². The minimum atomic E-state index is -0.234. The number of ether oxygens (including phenoxy) is 1. The number of hydrogen-bond donors (Lipinski definition) is 1. The van der Waals surface area contributed by atoms with Gasteiger partial charge in [-0.2, -0.15) is 0 Å². The van der Waals surface area contributed by atoms with Crippen LogP contribution in [0.4, 0.5) is 4.39 Å². The van der Waals surface area contributed by atoms with Gasteiger partial charge in [0.1, 0.15) is 5.82 Å². The highest BCUT2D eigenvalue weighted by Crippen LogP contribution is 2.33. The maximum atomic E-state index is 13.6. The fraction of sp³-hybridized carbons (Fsp3) is 0.444. The predicted octanol–water partition coefficient (Wildman–Crippen LogP) is 3.49. The summed E-state index contributed by atoms with van der Waals surface area (Å²) in [5.74, 6) is 0.971. The number of nitrogens with zero attached hydrogens (tertiary/aromatic N) is 2. The molecule has 0 amide bonds. The summed E-state index contributed by atoms with van der Waals surface area (Å²) in [6, 6.07) is 6.67. The van der Waals surface area contributed by atoms with Crippen LogP contribution in [0.3, 0.4) is 0 Å². The van der Waals surface area contributed by atoms with E-state index in [2.05, 4.69) is 10.3 Å². The van der Waals surface area contributed by atoms with E-state index < -0.39 is 0 Å². The number of benzene rings is 1. The van der Waals surface area contributed by atoms with Crippen LogP contribution < -0.4 is 5.32 Å². The maximum Gasteiger partial charge on any atom is 0.187 e. The number of aromatic nitrogens is 2. The van der Waals surface area contributed by atoms with Gasteiger partial charge in [-0.3, -0.25) is 0 Å². The van der Waals surface area contributed by atoms with Gasteiger partial charge in [0.05, 0.1) is 12.3 Å². The Kier molecular flexibility index (Phi) is 6.18. The summed E-state index contributed by atoms with van der Waals surface area (Å²) in [5.41, 5.74) is 2.83. The van der Waals surface area contributed by atoms with Gasteiger partial charge in [0.25, 0.3) is 0 Å². The number of thioether (sulfide) groups is 1. The zero-order valence-corrected chi connectivity index (χ0v) is 14.6. The molecule has 1 aliphatic rings. The van der Waals surface area contributed by atoms with E-state index in [1.807, 2.05) is 12.3 Å². The Labute approximate surface area is 146 Å². The van der Waals surface area contributed by atoms with Crippen molar-refractivity contribution in [2.45, 2.75) is 23.9 Å². The molecule has 0 atom stereocenters. The molecule has 2 aromatic rings. The minimum Gasteiger partial charge on any atom is -0.384 e. The van der Waals surface area contributed by atoms with Crippen molar-refractivity contribution in [2.24, 2.45) is 0 Å². The second-order valence-electron chi connectivity index (χ2n) is 5.83. The second kappa shape index (κ2) is 8.55. The van der Waals surface area contributed by atoms with Crippen LogP contribution in [0.5, 0.6) is 0 Å². The van der Waals surface area contributed by atoms with E-state index in [-0.39, 0.29) is 5.82 Å². The molecule has 1 aromatic heterocycles. The van der Waals surface area contributed by atoms with Crippen molar-refractivity contribution in [3.63, 3.8) is 0 Å². The lowest BCUT2D eigenvalue weighted by Crippen LogP contribution is -2.27. The highest BCUT2D eigenvalue weighted by molar-refractivity contribution is 7.99. The van der Waals surface area contributed by atoms with Crippen molar-refractivity contribution in [2.75, 3.05) is 32.6 Å². The molecule has 3 rings (SSSR count). The first kappa shape index (κ1) is 17.3. The van der Waals surface area contributed by atoms with E-state index in [0.29, 0.717) is 12.5 Å². The van der Waals surface area contributed by atoms with Gasteiger partial charge in [-0.05, 0) is 43.6 Å². The zero-order valence-electron chi connectivity index (χ0n) is 13.8. The molecular formula is C18H22FN3OS. The summed E-state index contributed by atoms with van der Waals surface area (Å²) in [6.07, 6.45) is 3.93. The van der Waals surface area contributed by atoms with Crippen molar-refractivity contribution >= 4 is 11.8 Å². The van der Waals surface area contributed by atoms with Crippen molar-refractivity contribution < 1.29 is 9.13 Å². The fourth-order valence-electron chi connectivity index (χ4n) is 2.95. The van der Waals surface area contributed by atoms with E-state index in [1.165, 1.54) is 6.07 Å². The summed E-state index contributed by atoms with van der Waals surface area (Å²) >= 11 is 1.59. The summed E-state index contributed by atoms with van der Waals surface area (Å²) in [7, 11) is 1.69. The number of halogens is 1. The molecular weight excluding hydrogens is 325 g/mol. The monoisotopic (exact) mass is 347 g/mol. The molecule has 0 bridgehead atoms. The molecule has 1 aliphatic heterocycles. The molecule has 6 heteroatoms. The van der Waals surface area contributed by atoms with Crippen LogP contribution >= 0.6 is 11.8 Å². The van der Waals surface area contributed by atoms with Gasteiger partial charge < -0.3 is 10.1 Å². The molecule has 1 N–H and O–H groups in total.